The van der Waals surface area contributed by atoms with Gasteiger partial charge in [-0.1, -0.05) is 38.2 Å². The monoisotopic (exact) mass is 287 g/mol. The molecule has 4 nitrogen and oxygen atoms in total. The number of nitrogens with two attached hydrogens (primary N) is 1. The first-order valence-corrected chi connectivity index (χ1v) is 6.79. The Morgan fingerprint density at radius 3 is 2.70 bits per heavy atom. The molecule has 0 saturated carbocycles. The summed E-state index contributed by atoms with van der Waals surface area (Å²) < 4.78 is 5.81. The number of thiocarbonyl (C=S) groups is 1. The fourth-order valence-electron chi connectivity index (χ4n) is 1.83. The summed E-state index contributed by atoms with van der Waals surface area (Å²) in [7, 11) is 0. The molecule has 2 aromatic rings. The van der Waals surface area contributed by atoms with Crippen LogP contribution in [0.5, 0.6) is 11.8 Å². The van der Waals surface area contributed by atoms with Crippen LogP contribution in [0.15, 0.2) is 30.5 Å². The van der Waals surface area contributed by atoms with Gasteiger partial charge in [0.15, 0.2) is 0 Å². The molecule has 0 unspecified atom stereocenters. The highest BCUT2D eigenvalue weighted by Crippen LogP contribution is 2.30. The third-order valence-electron chi connectivity index (χ3n) is 2.88. The maximum absolute atomic E-state index is 5.81. The smallest absolute Gasteiger partial charge is 0.322 e. The van der Waals surface area contributed by atoms with E-state index < -0.39 is 0 Å². The molecule has 0 saturated heterocycles. The summed E-state index contributed by atoms with van der Waals surface area (Å²) in [6.45, 7) is 6.25. The summed E-state index contributed by atoms with van der Waals surface area (Å²) >= 11 is 4.91. The molecule has 0 aliphatic carbocycles. The lowest BCUT2D eigenvalue weighted by molar-refractivity contribution is 0.433. The van der Waals surface area contributed by atoms with Crippen LogP contribution in [-0.2, 0) is 0 Å². The van der Waals surface area contributed by atoms with Gasteiger partial charge in [-0.3, -0.25) is 0 Å². The molecule has 0 fully saturated rings. The highest BCUT2D eigenvalue weighted by Gasteiger charge is 2.11. The van der Waals surface area contributed by atoms with E-state index in [0.717, 1.165) is 16.9 Å². The van der Waals surface area contributed by atoms with E-state index in [1.54, 1.807) is 12.3 Å². The minimum absolute atomic E-state index is 0.227. The van der Waals surface area contributed by atoms with Crippen molar-refractivity contribution in [3.8, 4) is 11.8 Å². The third-order valence-corrected chi connectivity index (χ3v) is 3.09. The molecule has 1 aromatic carbocycles. The summed E-state index contributed by atoms with van der Waals surface area (Å²) in [6.07, 6.45) is 1.58. The Bertz CT molecular complexity index is 641. The molecule has 0 aliphatic heterocycles. The van der Waals surface area contributed by atoms with E-state index in [1.165, 1.54) is 0 Å². The Morgan fingerprint density at radius 2 is 2.05 bits per heavy atom. The Morgan fingerprint density at radius 1 is 1.30 bits per heavy atom. The van der Waals surface area contributed by atoms with E-state index >= 15 is 0 Å². The van der Waals surface area contributed by atoms with Crippen molar-refractivity contribution in [3.63, 3.8) is 0 Å². The second-order valence-electron chi connectivity index (χ2n) is 4.89. The van der Waals surface area contributed by atoms with Crippen molar-refractivity contribution in [1.82, 2.24) is 9.97 Å². The van der Waals surface area contributed by atoms with Crippen LogP contribution >= 0.6 is 12.2 Å². The number of hydrogen-bond donors (Lipinski definition) is 1. The quantitative estimate of drug-likeness (QED) is 0.874. The minimum Gasteiger partial charge on any atom is -0.424 e. The van der Waals surface area contributed by atoms with Gasteiger partial charge in [0.2, 0.25) is 0 Å². The van der Waals surface area contributed by atoms with Crippen molar-refractivity contribution in [3.05, 3.63) is 47.3 Å². The number of hydrogen-bond acceptors (Lipinski definition) is 4. The van der Waals surface area contributed by atoms with Crippen molar-refractivity contribution in [1.29, 1.82) is 0 Å². The molecule has 2 rings (SSSR count). The first-order chi connectivity index (χ1) is 9.47. The normalized spacial score (nSPS) is 10.6. The van der Waals surface area contributed by atoms with Crippen LogP contribution in [0.4, 0.5) is 0 Å². The van der Waals surface area contributed by atoms with Gasteiger partial charge in [-0.2, -0.15) is 4.98 Å². The zero-order valence-electron chi connectivity index (χ0n) is 11.8. The lowest BCUT2D eigenvalue weighted by Crippen LogP contribution is -2.12. The van der Waals surface area contributed by atoms with Crippen molar-refractivity contribution < 1.29 is 4.74 Å². The molecular formula is C15H17N3OS. The molecule has 1 aromatic heterocycles. The summed E-state index contributed by atoms with van der Waals surface area (Å²) in [5.41, 5.74) is 8.30. The van der Waals surface area contributed by atoms with E-state index in [4.69, 9.17) is 22.7 Å². The Labute approximate surface area is 124 Å². The first kappa shape index (κ1) is 14.4. The van der Waals surface area contributed by atoms with Gasteiger partial charge in [0.05, 0.1) is 0 Å². The summed E-state index contributed by atoms with van der Waals surface area (Å²) in [5.74, 6) is 1.12. The predicted octanol–water partition coefficient (Wildman–Crippen LogP) is 3.33. The van der Waals surface area contributed by atoms with Crippen molar-refractivity contribution in [2.24, 2.45) is 5.73 Å². The molecule has 0 atom stereocenters. The van der Waals surface area contributed by atoms with Gasteiger partial charge in [0.1, 0.15) is 16.4 Å². The van der Waals surface area contributed by atoms with Gasteiger partial charge in [-0.05, 0) is 36.1 Å². The number of nitrogens with zero attached hydrogens (tertiary/aromatic N) is 2. The molecule has 104 valence electrons. The molecule has 0 radical (unpaired) electrons. The Hall–Kier alpha value is -2.01. The summed E-state index contributed by atoms with van der Waals surface area (Å²) in [5, 5.41) is 0. The number of aryl methyl sites for hydroxylation is 1. The average molecular weight is 287 g/mol. The number of aromatic nitrogens is 2. The molecule has 0 bridgehead atoms. The fraction of sp³-hybridized carbons (Fsp3) is 0.267. The van der Waals surface area contributed by atoms with Gasteiger partial charge in [0, 0.05) is 6.20 Å². The second-order valence-corrected chi connectivity index (χ2v) is 5.33. The predicted molar refractivity (Wildman–Crippen MR) is 83.3 cm³/mol. The molecular weight excluding hydrogens is 270 g/mol. The number of benzene rings is 1. The van der Waals surface area contributed by atoms with Crippen molar-refractivity contribution >= 4 is 17.2 Å². The largest absolute Gasteiger partial charge is 0.424 e. The van der Waals surface area contributed by atoms with Crippen molar-refractivity contribution in [2.75, 3.05) is 0 Å². The lowest BCUT2D eigenvalue weighted by atomic mass is 10.0. The Kier molecular flexibility index (Phi) is 4.29. The number of ether oxygens (including phenoxy) is 1. The standard InChI is InChI=1S/C15H17N3OS/c1-9(2)11-5-4-10(3)8-13(11)19-15-17-7-6-12(18-15)14(16)20/h4-9H,1-3H3,(H2,16,20). The minimum atomic E-state index is 0.227. The highest BCUT2D eigenvalue weighted by molar-refractivity contribution is 7.80. The summed E-state index contributed by atoms with van der Waals surface area (Å²) in [6, 6.07) is 8.02. The van der Waals surface area contributed by atoms with Crippen LogP contribution in [0.3, 0.4) is 0 Å². The second kappa shape index (κ2) is 5.96. The molecule has 1 heterocycles. The zero-order valence-corrected chi connectivity index (χ0v) is 12.6. The van der Waals surface area contributed by atoms with E-state index in [9.17, 15) is 0 Å². The molecule has 20 heavy (non-hydrogen) atoms. The van der Waals surface area contributed by atoms with Crippen LogP contribution < -0.4 is 10.5 Å². The average Bonchev–Trinajstić information content (AvgIpc) is 2.38. The molecule has 0 amide bonds. The van der Waals surface area contributed by atoms with Crippen LogP contribution in [-0.4, -0.2) is 15.0 Å². The highest BCUT2D eigenvalue weighted by atomic mass is 32.1. The maximum atomic E-state index is 5.81. The molecule has 5 heteroatoms. The maximum Gasteiger partial charge on any atom is 0.322 e. The van der Waals surface area contributed by atoms with E-state index in [0.29, 0.717) is 11.6 Å². The topological polar surface area (TPSA) is 61.0 Å². The van der Waals surface area contributed by atoms with E-state index in [1.807, 2.05) is 13.0 Å². The van der Waals surface area contributed by atoms with Crippen LogP contribution in [0.1, 0.15) is 36.6 Å². The summed E-state index contributed by atoms with van der Waals surface area (Å²) in [4.78, 5) is 8.52. The van der Waals surface area contributed by atoms with Crippen LogP contribution in [0.25, 0.3) is 0 Å². The first-order valence-electron chi connectivity index (χ1n) is 6.38. The van der Waals surface area contributed by atoms with E-state index in [2.05, 4.69) is 35.9 Å². The third kappa shape index (κ3) is 3.30. The zero-order chi connectivity index (χ0) is 14.7. The van der Waals surface area contributed by atoms with E-state index in [-0.39, 0.29) is 11.0 Å². The van der Waals surface area contributed by atoms with Crippen molar-refractivity contribution in [2.45, 2.75) is 26.7 Å². The Balaban J connectivity index is 2.36. The lowest BCUT2D eigenvalue weighted by Gasteiger charge is -2.13. The SMILES string of the molecule is Cc1ccc(C(C)C)c(Oc2nccc(C(N)=S)n2)c1. The van der Waals surface area contributed by atoms with Gasteiger partial charge in [-0.15, -0.1) is 0 Å². The van der Waals surface area contributed by atoms with Crippen LogP contribution in [0, 0.1) is 6.92 Å². The van der Waals surface area contributed by atoms with Crippen LogP contribution in [0.2, 0.25) is 0 Å². The molecule has 2 N–H and O–H groups in total. The molecule has 0 spiro atoms. The molecule has 0 aliphatic rings. The fourth-order valence-corrected chi connectivity index (χ4v) is 1.95. The van der Waals surface area contributed by atoms with Gasteiger partial charge in [0.25, 0.3) is 0 Å². The van der Waals surface area contributed by atoms with Gasteiger partial charge >= 0.3 is 6.01 Å². The number of rotatable bonds is 4. The van der Waals surface area contributed by atoms with Gasteiger partial charge in [-0.25, -0.2) is 4.98 Å². The van der Waals surface area contributed by atoms with Gasteiger partial charge < -0.3 is 10.5 Å².